The van der Waals surface area contributed by atoms with Gasteiger partial charge in [-0.05, 0) is 6.07 Å². The van der Waals surface area contributed by atoms with Crippen LogP contribution in [-0.2, 0) is 14.8 Å². The topological polar surface area (TPSA) is 106 Å². The Kier molecular flexibility index (Phi) is 3.40. The molecule has 112 valence electrons. The number of aromatic nitrogens is 1. The second kappa shape index (κ2) is 5.10. The van der Waals surface area contributed by atoms with E-state index < -0.39 is 14.9 Å². The third-order valence-corrected chi connectivity index (χ3v) is 5.36. The molecule has 8 nitrogen and oxygen atoms in total. The van der Waals surface area contributed by atoms with Gasteiger partial charge in [-0.2, -0.15) is 4.31 Å². The lowest BCUT2D eigenvalue weighted by Gasteiger charge is -2.25. The molecule has 0 atom stereocenters. The Balaban J connectivity index is 2.10. The largest absolute Gasteiger partial charge is 0.379 e. The second-order valence-corrected chi connectivity index (χ2v) is 6.56. The van der Waals surface area contributed by atoms with Gasteiger partial charge in [0.1, 0.15) is 4.90 Å². The fourth-order valence-electron chi connectivity index (χ4n) is 2.34. The summed E-state index contributed by atoms with van der Waals surface area (Å²) < 4.78 is 31.7. The summed E-state index contributed by atoms with van der Waals surface area (Å²) in [5.41, 5.74) is 0.410. The summed E-state index contributed by atoms with van der Waals surface area (Å²) in [5.74, 6) is 0. The van der Waals surface area contributed by atoms with E-state index in [1.165, 1.54) is 28.7 Å². The maximum absolute atomic E-state index is 12.6. The number of nitro groups is 1. The molecular formula is C12H13N3O5S. The molecule has 0 bridgehead atoms. The quantitative estimate of drug-likeness (QED) is 0.675. The van der Waals surface area contributed by atoms with E-state index in [-0.39, 0.29) is 23.7 Å². The van der Waals surface area contributed by atoms with Crippen LogP contribution in [0.15, 0.2) is 29.3 Å². The van der Waals surface area contributed by atoms with Crippen molar-refractivity contribution < 1.29 is 18.1 Å². The average molecular weight is 311 g/mol. The van der Waals surface area contributed by atoms with Gasteiger partial charge in [0.25, 0.3) is 5.69 Å². The summed E-state index contributed by atoms with van der Waals surface area (Å²) in [6.07, 6.45) is 1.37. The number of sulfonamides is 1. The first kappa shape index (κ1) is 14.0. The van der Waals surface area contributed by atoms with Crippen LogP contribution in [0.3, 0.4) is 0 Å². The number of nitrogens with zero attached hydrogens (tertiary/aromatic N) is 2. The summed E-state index contributed by atoms with van der Waals surface area (Å²) in [6, 6.07) is 4.12. The first-order chi connectivity index (χ1) is 10.00. The summed E-state index contributed by atoms with van der Waals surface area (Å²) >= 11 is 0. The van der Waals surface area contributed by atoms with Crippen LogP contribution in [0.5, 0.6) is 0 Å². The molecule has 0 amide bonds. The lowest BCUT2D eigenvalue weighted by atomic mass is 10.2. The van der Waals surface area contributed by atoms with Crippen LogP contribution in [0.25, 0.3) is 10.9 Å². The fraction of sp³-hybridized carbons (Fsp3) is 0.333. The number of aromatic amines is 1. The number of ether oxygens (including phenoxy) is 1. The number of rotatable bonds is 3. The first-order valence-electron chi connectivity index (χ1n) is 6.33. The number of hydrogen-bond acceptors (Lipinski definition) is 5. The number of fused-ring (bicyclic) bond motifs is 1. The molecule has 2 heterocycles. The van der Waals surface area contributed by atoms with Gasteiger partial charge in [0.2, 0.25) is 10.0 Å². The van der Waals surface area contributed by atoms with Crippen molar-refractivity contribution in [2.24, 2.45) is 0 Å². The van der Waals surface area contributed by atoms with E-state index in [4.69, 9.17) is 4.74 Å². The predicted molar refractivity (Wildman–Crippen MR) is 74.5 cm³/mol. The van der Waals surface area contributed by atoms with E-state index in [0.29, 0.717) is 24.1 Å². The minimum atomic E-state index is -3.69. The van der Waals surface area contributed by atoms with Crippen molar-refractivity contribution in [2.45, 2.75) is 4.90 Å². The van der Waals surface area contributed by atoms with Crippen molar-refractivity contribution in [3.63, 3.8) is 0 Å². The van der Waals surface area contributed by atoms with Crippen molar-refractivity contribution in [3.8, 4) is 0 Å². The van der Waals surface area contributed by atoms with E-state index in [2.05, 4.69) is 4.98 Å². The van der Waals surface area contributed by atoms with E-state index in [0.717, 1.165) is 0 Å². The SMILES string of the molecule is O=[N+]([O-])c1ccc2[nH]cc(S(=O)(=O)N3CCOCC3)c2c1. The van der Waals surface area contributed by atoms with Crippen molar-refractivity contribution in [1.82, 2.24) is 9.29 Å². The van der Waals surface area contributed by atoms with E-state index >= 15 is 0 Å². The second-order valence-electron chi connectivity index (χ2n) is 4.66. The van der Waals surface area contributed by atoms with Crippen molar-refractivity contribution >= 4 is 26.6 Å². The average Bonchev–Trinajstić information content (AvgIpc) is 2.91. The maximum Gasteiger partial charge on any atom is 0.270 e. The van der Waals surface area contributed by atoms with Crippen molar-refractivity contribution in [3.05, 3.63) is 34.5 Å². The highest BCUT2D eigenvalue weighted by Gasteiger charge is 2.29. The minimum Gasteiger partial charge on any atom is -0.379 e. The standard InChI is InChI=1S/C12H13N3O5S/c16-15(17)9-1-2-11-10(7-9)12(8-13-11)21(18,19)14-3-5-20-6-4-14/h1-2,7-8,13H,3-6H2. The van der Waals surface area contributed by atoms with Crippen LogP contribution in [0.2, 0.25) is 0 Å². The first-order valence-corrected chi connectivity index (χ1v) is 7.77. The van der Waals surface area contributed by atoms with Gasteiger partial charge in [0, 0.05) is 42.3 Å². The monoisotopic (exact) mass is 311 g/mol. The van der Waals surface area contributed by atoms with Crippen molar-refractivity contribution in [1.29, 1.82) is 0 Å². The maximum atomic E-state index is 12.6. The minimum absolute atomic E-state index is 0.0584. The third-order valence-electron chi connectivity index (χ3n) is 3.43. The van der Waals surface area contributed by atoms with Crippen LogP contribution in [0, 0.1) is 10.1 Å². The van der Waals surface area contributed by atoms with Crippen LogP contribution in [0.1, 0.15) is 0 Å². The molecule has 1 aromatic heterocycles. The molecule has 1 aliphatic heterocycles. The number of nitro benzene ring substituents is 1. The van der Waals surface area contributed by atoms with Gasteiger partial charge in [-0.3, -0.25) is 10.1 Å². The highest BCUT2D eigenvalue weighted by atomic mass is 32.2. The summed E-state index contributed by atoms with van der Waals surface area (Å²) in [7, 11) is -3.69. The highest BCUT2D eigenvalue weighted by molar-refractivity contribution is 7.89. The lowest BCUT2D eigenvalue weighted by molar-refractivity contribution is -0.384. The van der Waals surface area contributed by atoms with Crippen LogP contribution < -0.4 is 0 Å². The van der Waals surface area contributed by atoms with Gasteiger partial charge in [-0.15, -0.1) is 0 Å². The Bertz CT molecular complexity index is 792. The molecule has 21 heavy (non-hydrogen) atoms. The Hall–Kier alpha value is -1.97. The molecule has 0 saturated carbocycles. The van der Waals surface area contributed by atoms with Gasteiger partial charge in [-0.1, -0.05) is 0 Å². The molecule has 2 aromatic rings. The Morgan fingerprint density at radius 3 is 2.67 bits per heavy atom. The van der Waals surface area contributed by atoms with E-state index in [9.17, 15) is 18.5 Å². The van der Waals surface area contributed by atoms with Crippen LogP contribution in [-0.4, -0.2) is 48.9 Å². The normalized spacial score (nSPS) is 17.1. The van der Waals surface area contributed by atoms with Gasteiger partial charge >= 0.3 is 0 Å². The van der Waals surface area contributed by atoms with Gasteiger partial charge < -0.3 is 9.72 Å². The number of H-pyrrole nitrogens is 1. The predicted octanol–water partition coefficient (Wildman–Crippen LogP) is 1.10. The zero-order chi connectivity index (χ0) is 15.0. The fourth-order valence-corrected chi connectivity index (χ4v) is 3.90. The molecule has 1 fully saturated rings. The third kappa shape index (κ3) is 2.39. The van der Waals surface area contributed by atoms with Gasteiger partial charge in [-0.25, -0.2) is 8.42 Å². The Labute approximate surface area is 120 Å². The Morgan fingerprint density at radius 1 is 1.29 bits per heavy atom. The molecule has 0 spiro atoms. The van der Waals surface area contributed by atoms with E-state index in [1.54, 1.807) is 0 Å². The molecular weight excluding hydrogens is 298 g/mol. The molecule has 3 rings (SSSR count). The summed E-state index contributed by atoms with van der Waals surface area (Å²) in [5, 5.41) is 11.2. The zero-order valence-electron chi connectivity index (χ0n) is 11.0. The zero-order valence-corrected chi connectivity index (χ0v) is 11.8. The number of morpholine rings is 1. The number of benzene rings is 1. The molecule has 1 aliphatic rings. The van der Waals surface area contributed by atoms with Gasteiger partial charge in [0.15, 0.2) is 0 Å². The van der Waals surface area contributed by atoms with E-state index in [1.807, 2.05) is 0 Å². The number of hydrogen-bond donors (Lipinski definition) is 1. The molecule has 1 N–H and O–H groups in total. The highest BCUT2D eigenvalue weighted by Crippen LogP contribution is 2.29. The van der Waals surface area contributed by atoms with Crippen LogP contribution in [0.4, 0.5) is 5.69 Å². The molecule has 1 saturated heterocycles. The smallest absolute Gasteiger partial charge is 0.270 e. The molecule has 1 aromatic carbocycles. The number of nitrogens with one attached hydrogen (secondary N) is 1. The lowest BCUT2D eigenvalue weighted by Crippen LogP contribution is -2.40. The molecule has 0 unspecified atom stereocenters. The molecule has 9 heteroatoms. The number of non-ortho nitro benzene ring substituents is 1. The summed E-state index contributed by atoms with van der Waals surface area (Å²) in [6.45, 7) is 1.26. The van der Waals surface area contributed by atoms with Crippen molar-refractivity contribution in [2.75, 3.05) is 26.3 Å². The Morgan fingerprint density at radius 2 is 2.00 bits per heavy atom. The molecule has 0 radical (unpaired) electrons. The van der Waals surface area contributed by atoms with Gasteiger partial charge in [0.05, 0.1) is 18.1 Å². The molecule has 0 aliphatic carbocycles. The van der Waals surface area contributed by atoms with Crippen LogP contribution >= 0.6 is 0 Å². The summed E-state index contributed by atoms with van der Waals surface area (Å²) in [4.78, 5) is 13.2.